The second-order valence-electron chi connectivity index (χ2n) is 11.0. The largest absolute Gasteiger partial charge is 0.378 e. The third-order valence-corrected chi connectivity index (χ3v) is 7.92. The maximum absolute atomic E-state index is 15.1. The van der Waals surface area contributed by atoms with E-state index in [9.17, 15) is 19.2 Å². The summed E-state index contributed by atoms with van der Waals surface area (Å²) in [5.74, 6) is -3.29. The van der Waals surface area contributed by atoms with Crippen LogP contribution >= 0.6 is 0 Å². The molecule has 1 unspecified atom stereocenters. The van der Waals surface area contributed by atoms with E-state index in [0.717, 1.165) is 16.1 Å². The van der Waals surface area contributed by atoms with Crippen LogP contribution < -0.4 is 15.1 Å². The van der Waals surface area contributed by atoms with Crippen molar-refractivity contribution in [2.45, 2.75) is 12.6 Å². The number of para-hydroxylation sites is 2. The maximum Gasteiger partial charge on any atom is 0.299 e. The quantitative estimate of drug-likeness (QED) is 0.222. The molecular weight excluding hydrogens is 573 g/mol. The van der Waals surface area contributed by atoms with E-state index >= 15 is 4.39 Å². The third kappa shape index (κ3) is 5.65. The summed E-state index contributed by atoms with van der Waals surface area (Å²) in [5, 5.41) is 3.63. The fourth-order valence-corrected chi connectivity index (χ4v) is 5.59. The van der Waals surface area contributed by atoms with Gasteiger partial charge in [0.25, 0.3) is 17.6 Å². The van der Waals surface area contributed by atoms with Gasteiger partial charge >= 0.3 is 0 Å². The van der Waals surface area contributed by atoms with Crippen LogP contribution in [0.25, 0.3) is 10.9 Å². The van der Waals surface area contributed by atoms with Crippen LogP contribution in [0, 0.1) is 5.82 Å². The topological polar surface area (TPSA) is 106 Å². The number of hydrogen-bond acceptors (Lipinski definition) is 5. The van der Waals surface area contributed by atoms with Gasteiger partial charge in [-0.1, -0.05) is 48.5 Å². The lowest BCUT2D eigenvalue weighted by molar-refractivity contribution is -0.139. The SMILES string of the molecule is CN(C)c1ccc(NC(=O)C(c2c[nH]c3ccccc23)N(Cc2ccccc2F)C(=O)CN2C(=O)C(=O)c3ccccc32)cc1. The molecule has 2 N–H and O–H groups in total. The molecule has 1 atom stereocenters. The Hall–Kier alpha value is -5.77. The molecule has 45 heavy (non-hydrogen) atoms. The minimum atomic E-state index is -1.24. The number of hydrogen-bond donors (Lipinski definition) is 2. The average Bonchev–Trinajstić information content (AvgIpc) is 3.57. The Bertz CT molecular complexity index is 1930. The molecule has 4 aromatic carbocycles. The maximum atomic E-state index is 15.1. The lowest BCUT2D eigenvalue weighted by Crippen LogP contribution is -2.46. The van der Waals surface area contributed by atoms with Crippen LogP contribution in [-0.2, 0) is 20.9 Å². The van der Waals surface area contributed by atoms with Crippen LogP contribution in [0.15, 0.2) is 103 Å². The molecule has 0 fully saturated rings. The average molecular weight is 604 g/mol. The van der Waals surface area contributed by atoms with Crippen molar-refractivity contribution in [3.05, 3.63) is 126 Å². The minimum Gasteiger partial charge on any atom is -0.378 e. The van der Waals surface area contributed by atoms with Crippen molar-refractivity contribution in [1.29, 1.82) is 0 Å². The minimum absolute atomic E-state index is 0.183. The number of carbonyl (C=O) groups excluding carboxylic acids is 4. The number of Topliss-reactive ketones (excluding diaryl/α,β-unsaturated/α-hetero) is 1. The summed E-state index contributed by atoms with van der Waals surface area (Å²) in [5.41, 5.74) is 3.35. The van der Waals surface area contributed by atoms with Crippen LogP contribution in [0.5, 0.6) is 0 Å². The fourth-order valence-electron chi connectivity index (χ4n) is 5.59. The second-order valence-corrected chi connectivity index (χ2v) is 11.0. The Labute approximate surface area is 258 Å². The first-order chi connectivity index (χ1) is 21.7. The number of aromatic nitrogens is 1. The lowest BCUT2D eigenvalue weighted by Gasteiger charge is -2.32. The first kappa shape index (κ1) is 29.3. The van der Waals surface area contributed by atoms with E-state index < -0.39 is 41.9 Å². The van der Waals surface area contributed by atoms with Crippen LogP contribution in [0.4, 0.5) is 21.5 Å². The molecular formula is C35H30FN5O4. The summed E-state index contributed by atoms with van der Waals surface area (Å²) < 4.78 is 15.1. The normalized spacial score (nSPS) is 13.1. The monoisotopic (exact) mass is 603 g/mol. The first-order valence-electron chi connectivity index (χ1n) is 14.4. The number of anilines is 3. The number of halogens is 1. The molecule has 6 rings (SSSR count). The molecule has 1 aromatic heterocycles. The smallest absolute Gasteiger partial charge is 0.299 e. The van der Waals surface area contributed by atoms with Crippen molar-refractivity contribution in [1.82, 2.24) is 9.88 Å². The van der Waals surface area contributed by atoms with E-state index in [1.165, 1.54) is 23.1 Å². The van der Waals surface area contributed by atoms with Gasteiger partial charge in [0, 0.05) is 60.2 Å². The molecule has 1 aliphatic rings. The summed E-state index contributed by atoms with van der Waals surface area (Å²) in [4.78, 5) is 61.8. The van der Waals surface area contributed by atoms with E-state index in [2.05, 4.69) is 10.3 Å². The number of amides is 3. The molecule has 0 spiro atoms. The van der Waals surface area contributed by atoms with Crippen molar-refractivity contribution in [2.24, 2.45) is 0 Å². The Morgan fingerprint density at radius 3 is 2.33 bits per heavy atom. The van der Waals surface area contributed by atoms with Gasteiger partial charge in [-0.05, 0) is 48.5 Å². The number of carbonyl (C=O) groups is 4. The van der Waals surface area contributed by atoms with Gasteiger partial charge in [0.2, 0.25) is 5.91 Å². The third-order valence-electron chi connectivity index (χ3n) is 7.92. The van der Waals surface area contributed by atoms with Gasteiger partial charge in [-0.15, -0.1) is 0 Å². The zero-order valence-electron chi connectivity index (χ0n) is 24.7. The van der Waals surface area contributed by atoms with Crippen molar-refractivity contribution in [3.63, 3.8) is 0 Å². The molecule has 5 aromatic rings. The van der Waals surface area contributed by atoms with Gasteiger partial charge in [-0.25, -0.2) is 4.39 Å². The summed E-state index contributed by atoms with van der Waals surface area (Å²) in [6.07, 6.45) is 1.66. The number of fused-ring (bicyclic) bond motifs is 2. The number of nitrogens with zero attached hydrogens (tertiary/aromatic N) is 3. The van der Waals surface area contributed by atoms with Gasteiger partial charge in [0.1, 0.15) is 18.4 Å². The van der Waals surface area contributed by atoms with Gasteiger partial charge in [-0.2, -0.15) is 0 Å². The van der Waals surface area contributed by atoms with Crippen molar-refractivity contribution in [3.8, 4) is 0 Å². The Morgan fingerprint density at radius 2 is 1.58 bits per heavy atom. The molecule has 2 heterocycles. The molecule has 0 aliphatic carbocycles. The molecule has 3 amide bonds. The first-order valence-corrected chi connectivity index (χ1v) is 14.4. The van der Waals surface area contributed by atoms with E-state index in [0.29, 0.717) is 22.3 Å². The number of rotatable bonds is 9. The van der Waals surface area contributed by atoms with Crippen LogP contribution in [0.1, 0.15) is 27.5 Å². The number of H-pyrrole nitrogens is 1. The van der Waals surface area contributed by atoms with Crippen molar-refractivity contribution in [2.75, 3.05) is 35.8 Å². The molecule has 10 heteroatoms. The van der Waals surface area contributed by atoms with Crippen LogP contribution in [0.2, 0.25) is 0 Å². The number of aromatic amines is 1. The van der Waals surface area contributed by atoms with E-state index in [4.69, 9.17) is 0 Å². The molecule has 0 radical (unpaired) electrons. The standard InChI is InChI=1S/C35H30FN5O4/c1-39(2)24-17-15-23(16-18-24)38-34(44)32(27-19-37-29-13-7-4-10-25(27)29)41(20-22-9-3-6-12-28(22)36)31(42)21-40-30-14-8-5-11-26(30)33(43)35(40)45/h3-19,32,37H,20-21H2,1-2H3,(H,38,44). The zero-order valence-corrected chi connectivity index (χ0v) is 24.7. The van der Waals surface area contributed by atoms with Crippen LogP contribution in [-0.4, -0.2) is 54.0 Å². The predicted molar refractivity (Wildman–Crippen MR) is 171 cm³/mol. The van der Waals surface area contributed by atoms with E-state index in [-0.39, 0.29) is 17.7 Å². The highest BCUT2D eigenvalue weighted by Gasteiger charge is 2.40. The van der Waals surface area contributed by atoms with Crippen LogP contribution in [0.3, 0.4) is 0 Å². The highest BCUT2D eigenvalue weighted by atomic mass is 19.1. The Kier molecular flexibility index (Phi) is 7.87. The lowest BCUT2D eigenvalue weighted by atomic mass is 10.0. The Balaban J connectivity index is 1.43. The molecule has 0 saturated carbocycles. The highest BCUT2D eigenvalue weighted by Crippen LogP contribution is 2.33. The van der Waals surface area contributed by atoms with Gasteiger partial charge in [0.05, 0.1) is 11.3 Å². The summed E-state index contributed by atoms with van der Waals surface area (Å²) in [6, 6.07) is 25.8. The summed E-state index contributed by atoms with van der Waals surface area (Å²) >= 11 is 0. The molecule has 0 saturated heterocycles. The number of nitrogens with one attached hydrogen (secondary N) is 2. The fraction of sp³-hybridized carbons (Fsp3) is 0.143. The second kappa shape index (κ2) is 12.1. The molecule has 226 valence electrons. The summed E-state index contributed by atoms with van der Waals surface area (Å²) in [7, 11) is 3.81. The van der Waals surface area contributed by atoms with Crippen molar-refractivity contribution >= 4 is 51.5 Å². The van der Waals surface area contributed by atoms with Gasteiger partial charge in [0.15, 0.2) is 0 Å². The molecule has 1 aliphatic heterocycles. The summed E-state index contributed by atoms with van der Waals surface area (Å²) in [6.45, 7) is -0.806. The molecule has 9 nitrogen and oxygen atoms in total. The van der Waals surface area contributed by atoms with Crippen molar-refractivity contribution < 1.29 is 23.6 Å². The van der Waals surface area contributed by atoms with Gasteiger partial charge in [-0.3, -0.25) is 24.1 Å². The van der Waals surface area contributed by atoms with E-state index in [1.54, 1.807) is 48.7 Å². The highest BCUT2D eigenvalue weighted by molar-refractivity contribution is 6.52. The Morgan fingerprint density at radius 1 is 0.889 bits per heavy atom. The molecule has 0 bridgehead atoms. The zero-order chi connectivity index (χ0) is 31.7. The van der Waals surface area contributed by atoms with E-state index in [1.807, 2.05) is 55.4 Å². The number of benzene rings is 4. The number of ketones is 1. The predicted octanol–water partition coefficient (Wildman–Crippen LogP) is 5.31. The van der Waals surface area contributed by atoms with Gasteiger partial charge < -0.3 is 20.1 Å².